The molecule has 128 valence electrons. The van der Waals surface area contributed by atoms with Gasteiger partial charge < -0.3 is 14.2 Å². The normalized spacial score (nSPS) is 17.5. The molecule has 1 aliphatic rings. The van der Waals surface area contributed by atoms with Gasteiger partial charge in [-0.05, 0) is 29.3 Å². The molecule has 0 aromatic heterocycles. The van der Waals surface area contributed by atoms with Crippen molar-refractivity contribution in [3.63, 3.8) is 0 Å². The van der Waals surface area contributed by atoms with Gasteiger partial charge in [-0.25, -0.2) is 0 Å². The second-order valence-corrected chi connectivity index (χ2v) is 5.94. The minimum Gasteiger partial charge on any atom is -0.493 e. The highest BCUT2D eigenvalue weighted by Crippen LogP contribution is 2.41. The molecule has 0 N–H and O–H groups in total. The van der Waals surface area contributed by atoms with Gasteiger partial charge >= 0.3 is 5.97 Å². The number of hydrogen-bond donors (Lipinski definition) is 0. The molecule has 2 unspecified atom stereocenters. The molecule has 1 saturated heterocycles. The van der Waals surface area contributed by atoms with E-state index in [1.165, 1.54) is 0 Å². The molecular formula is C20H19NO4. The van der Waals surface area contributed by atoms with E-state index >= 15 is 0 Å². The summed E-state index contributed by atoms with van der Waals surface area (Å²) >= 11 is 0. The summed E-state index contributed by atoms with van der Waals surface area (Å²) in [6.07, 6.45) is 0.332. The van der Waals surface area contributed by atoms with Crippen LogP contribution in [0.1, 0.15) is 29.0 Å². The van der Waals surface area contributed by atoms with Crippen LogP contribution in [0.3, 0.4) is 0 Å². The second-order valence-electron chi connectivity index (χ2n) is 5.94. The van der Waals surface area contributed by atoms with Crippen molar-refractivity contribution >= 4 is 5.97 Å². The van der Waals surface area contributed by atoms with Gasteiger partial charge in [0.05, 0.1) is 38.9 Å². The van der Waals surface area contributed by atoms with Crippen molar-refractivity contribution in [2.45, 2.75) is 12.3 Å². The number of ether oxygens (including phenoxy) is 3. The van der Waals surface area contributed by atoms with Crippen LogP contribution in [0.4, 0.5) is 0 Å². The Labute approximate surface area is 146 Å². The molecule has 1 heterocycles. The Kier molecular flexibility index (Phi) is 4.90. The third kappa shape index (κ3) is 3.29. The lowest BCUT2D eigenvalue weighted by atomic mass is 9.78. The summed E-state index contributed by atoms with van der Waals surface area (Å²) in [5.41, 5.74) is 2.45. The number of rotatable bonds is 5. The first-order chi connectivity index (χ1) is 12.2. The number of esters is 1. The van der Waals surface area contributed by atoms with E-state index in [1.807, 2.05) is 36.4 Å². The van der Waals surface area contributed by atoms with Crippen molar-refractivity contribution in [1.29, 1.82) is 5.26 Å². The number of cyclic esters (lactones) is 1. The maximum Gasteiger partial charge on any atom is 0.306 e. The maximum absolute atomic E-state index is 11.7. The van der Waals surface area contributed by atoms with E-state index in [-0.39, 0.29) is 17.8 Å². The van der Waals surface area contributed by atoms with Gasteiger partial charge in [0.15, 0.2) is 11.5 Å². The zero-order valence-corrected chi connectivity index (χ0v) is 14.2. The van der Waals surface area contributed by atoms with Gasteiger partial charge in [-0.3, -0.25) is 4.79 Å². The van der Waals surface area contributed by atoms with E-state index < -0.39 is 0 Å². The first kappa shape index (κ1) is 16.8. The minimum atomic E-state index is -0.204. The summed E-state index contributed by atoms with van der Waals surface area (Å²) in [7, 11) is 3.17. The number of nitriles is 1. The van der Waals surface area contributed by atoms with Crippen molar-refractivity contribution < 1.29 is 19.0 Å². The monoisotopic (exact) mass is 337 g/mol. The van der Waals surface area contributed by atoms with Gasteiger partial charge in [-0.1, -0.05) is 24.3 Å². The van der Waals surface area contributed by atoms with Crippen LogP contribution < -0.4 is 9.47 Å². The highest BCUT2D eigenvalue weighted by molar-refractivity contribution is 5.72. The average molecular weight is 337 g/mol. The molecule has 1 aliphatic heterocycles. The van der Waals surface area contributed by atoms with Gasteiger partial charge in [0.1, 0.15) is 0 Å². The van der Waals surface area contributed by atoms with E-state index in [4.69, 9.17) is 14.2 Å². The lowest BCUT2D eigenvalue weighted by molar-refractivity contribution is -0.137. The lowest BCUT2D eigenvalue weighted by Gasteiger charge is -2.24. The second kappa shape index (κ2) is 7.27. The zero-order valence-electron chi connectivity index (χ0n) is 14.2. The molecule has 3 rings (SSSR count). The van der Waals surface area contributed by atoms with Crippen LogP contribution in [0.15, 0.2) is 42.5 Å². The third-order valence-electron chi connectivity index (χ3n) is 4.54. The summed E-state index contributed by atoms with van der Waals surface area (Å²) in [5.74, 6) is 0.883. The number of hydrogen-bond acceptors (Lipinski definition) is 5. The fourth-order valence-corrected chi connectivity index (χ4v) is 3.37. The van der Waals surface area contributed by atoms with Crippen LogP contribution in [0.2, 0.25) is 0 Å². The molecule has 1 fully saturated rings. The predicted molar refractivity (Wildman–Crippen MR) is 91.6 cm³/mol. The molecular weight excluding hydrogens is 318 g/mol. The Hall–Kier alpha value is -3.00. The fraction of sp³-hybridized carbons (Fsp3) is 0.300. The standard InChI is InChI=1S/C20H19NO4/c1-23-17-8-7-13(9-18(17)24-2)20(15-10-19(22)25-12-15)16-6-4-3-5-14(16)11-21/h3-9,15,20H,10,12H2,1-2H3. The Balaban J connectivity index is 2.12. The van der Waals surface area contributed by atoms with Gasteiger partial charge in [0, 0.05) is 11.8 Å². The molecule has 5 nitrogen and oxygen atoms in total. The molecule has 2 aromatic carbocycles. The summed E-state index contributed by atoms with van der Waals surface area (Å²) in [4.78, 5) is 11.7. The lowest BCUT2D eigenvalue weighted by Crippen LogP contribution is -2.16. The molecule has 0 radical (unpaired) electrons. The molecule has 2 atom stereocenters. The average Bonchev–Trinajstić information content (AvgIpc) is 3.08. The number of methoxy groups -OCH3 is 2. The summed E-state index contributed by atoms with van der Waals surface area (Å²) in [6, 6.07) is 15.4. The third-order valence-corrected chi connectivity index (χ3v) is 4.54. The molecule has 5 heteroatoms. The molecule has 0 aliphatic carbocycles. The fourth-order valence-electron chi connectivity index (χ4n) is 3.37. The summed E-state index contributed by atoms with van der Waals surface area (Å²) < 4.78 is 15.9. The highest BCUT2D eigenvalue weighted by Gasteiger charge is 2.34. The van der Waals surface area contributed by atoms with Gasteiger partial charge in [-0.15, -0.1) is 0 Å². The maximum atomic E-state index is 11.7. The van der Waals surface area contributed by atoms with Crippen molar-refractivity contribution in [2.75, 3.05) is 20.8 Å². The molecule has 0 spiro atoms. The number of benzene rings is 2. The molecule has 25 heavy (non-hydrogen) atoms. The van der Waals surface area contributed by atoms with E-state index in [0.29, 0.717) is 30.1 Å². The SMILES string of the molecule is COc1ccc(C(c2ccccc2C#N)C2COC(=O)C2)cc1OC. The van der Waals surface area contributed by atoms with Gasteiger partial charge in [0.25, 0.3) is 0 Å². The van der Waals surface area contributed by atoms with Crippen LogP contribution in [-0.4, -0.2) is 26.8 Å². The quantitative estimate of drug-likeness (QED) is 0.783. The van der Waals surface area contributed by atoms with Crippen LogP contribution in [0.25, 0.3) is 0 Å². The van der Waals surface area contributed by atoms with E-state index in [1.54, 1.807) is 20.3 Å². The smallest absolute Gasteiger partial charge is 0.306 e. The minimum absolute atomic E-state index is 0.0277. The molecule has 0 amide bonds. The van der Waals surface area contributed by atoms with Crippen LogP contribution in [0.5, 0.6) is 11.5 Å². The predicted octanol–water partition coefficient (Wildman–Crippen LogP) is 3.27. The molecule has 0 bridgehead atoms. The van der Waals surface area contributed by atoms with E-state index in [2.05, 4.69) is 6.07 Å². The van der Waals surface area contributed by atoms with Gasteiger partial charge in [0.2, 0.25) is 0 Å². The Morgan fingerprint density at radius 2 is 1.92 bits per heavy atom. The number of carbonyl (C=O) groups excluding carboxylic acids is 1. The van der Waals surface area contributed by atoms with Crippen LogP contribution in [0, 0.1) is 17.2 Å². The first-order valence-corrected chi connectivity index (χ1v) is 8.04. The molecule has 0 saturated carbocycles. The first-order valence-electron chi connectivity index (χ1n) is 8.04. The Morgan fingerprint density at radius 3 is 2.56 bits per heavy atom. The van der Waals surface area contributed by atoms with Crippen molar-refractivity contribution in [3.8, 4) is 17.6 Å². The van der Waals surface area contributed by atoms with E-state index in [0.717, 1.165) is 11.1 Å². The Morgan fingerprint density at radius 1 is 1.16 bits per heavy atom. The topological polar surface area (TPSA) is 68.5 Å². The molecule has 2 aromatic rings. The van der Waals surface area contributed by atoms with E-state index in [9.17, 15) is 10.1 Å². The van der Waals surface area contributed by atoms with Crippen molar-refractivity contribution in [2.24, 2.45) is 5.92 Å². The van der Waals surface area contributed by atoms with Crippen molar-refractivity contribution in [1.82, 2.24) is 0 Å². The summed E-state index contributed by atoms with van der Waals surface area (Å²) in [5, 5.41) is 9.50. The Bertz CT molecular complexity index is 825. The number of carbonyl (C=O) groups is 1. The highest BCUT2D eigenvalue weighted by atomic mass is 16.5. The largest absolute Gasteiger partial charge is 0.493 e. The van der Waals surface area contributed by atoms with Crippen LogP contribution in [-0.2, 0) is 9.53 Å². The van der Waals surface area contributed by atoms with Crippen LogP contribution >= 0.6 is 0 Å². The zero-order chi connectivity index (χ0) is 17.8. The summed E-state index contributed by atoms with van der Waals surface area (Å²) in [6.45, 7) is 0.345. The number of nitrogens with zero attached hydrogens (tertiary/aromatic N) is 1. The van der Waals surface area contributed by atoms with Crippen molar-refractivity contribution in [3.05, 3.63) is 59.2 Å². The van der Waals surface area contributed by atoms with Gasteiger partial charge in [-0.2, -0.15) is 5.26 Å².